The fourth-order valence-corrected chi connectivity index (χ4v) is 3.59. The molecular formula is C20H19ClN4O2. The summed E-state index contributed by atoms with van der Waals surface area (Å²) in [5.41, 5.74) is 2.43. The fraction of sp³-hybridized carbons (Fsp3) is 0.200. The Labute approximate surface area is 161 Å². The van der Waals surface area contributed by atoms with Gasteiger partial charge in [-0.15, -0.1) is 0 Å². The second kappa shape index (κ2) is 7.06. The molecule has 0 fully saturated rings. The summed E-state index contributed by atoms with van der Waals surface area (Å²) in [6, 6.07) is 15.2. The van der Waals surface area contributed by atoms with Gasteiger partial charge in [-0.1, -0.05) is 48.0 Å². The summed E-state index contributed by atoms with van der Waals surface area (Å²) in [5, 5.41) is 3.95. The lowest BCUT2D eigenvalue weighted by Gasteiger charge is -2.31. The van der Waals surface area contributed by atoms with Gasteiger partial charge in [-0.3, -0.25) is 14.7 Å². The second-order valence-electron chi connectivity index (χ2n) is 6.62. The number of nitrogens with zero attached hydrogens (tertiary/aromatic N) is 2. The van der Waals surface area contributed by atoms with Crippen LogP contribution in [-0.4, -0.2) is 21.1 Å². The molecule has 0 aliphatic carbocycles. The zero-order valence-corrected chi connectivity index (χ0v) is 15.6. The normalized spacial score (nSPS) is 13.9. The van der Waals surface area contributed by atoms with E-state index >= 15 is 0 Å². The van der Waals surface area contributed by atoms with Gasteiger partial charge < -0.3 is 5.32 Å². The molecule has 0 spiro atoms. The van der Waals surface area contributed by atoms with E-state index in [1.54, 1.807) is 4.57 Å². The molecule has 0 unspecified atom stereocenters. The van der Waals surface area contributed by atoms with E-state index < -0.39 is 5.69 Å². The molecule has 3 aromatic rings. The Balaban J connectivity index is 1.74. The first-order valence-corrected chi connectivity index (χ1v) is 9.06. The van der Waals surface area contributed by atoms with Gasteiger partial charge in [0.1, 0.15) is 5.82 Å². The minimum Gasteiger partial charge on any atom is -0.358 e. The highest BCUT2D eigenvalue weighted by Crippen LogP contribution is 2.24. The molecule has 2 heterocycles. The van der Waals surface area contributed by atoms with Crippen molar-refractivity contribution >= 4 is 17.4 Å². The molecule has 0 bridgehead atoms. The summed E-state index contributed by atoms with van der Waals surface area (Å²) in [7, 11) is 0. The maximum atomic E-state index is 12.5. The fourth-order valence-electron chi connectivity index (χ4n) is 3.39. The Kier molecular flexibility index (Phi) is 4.59. The molecule has 27 heavy (non-hydrogen) atoms. The van der Waals surface area contributed by atoms with Gasteiger partial charge in [0.15, 0.2) is 0 Å². The predicted molar refractivity (Wildman–Crippen MR) is 107 cm³/mol. The molecule has 7 heteroatoms. The van der Waals surface area contributed by atoms with Gasteiger partial charge in [0.25, 0.3) is 5.56 Å². The lowest BCUT2D eigenvalue weighted by molar-refractivity contribution is 0.263. The zero-order valence-electron chi connectivity index (χ0n) is 14.8. The Morgan fingerprint density at radius 3 is 2.59 bits per heavy atom. The standard InChI is InChI=1S/C20H19ClN4O2/c1-13-6-2-5-9-17(13)25-18-15(19(26)23-20(25)27)11-24(12-22-18)10-14-7-3-4-8-16(14)21/h2-9,22H,10-12H2,1H3,(H,23,26,27). The highest BCUT2D eigenvalue weighted by Gasteiger charge is 2.24. The summed E-state index contributed by atoms with van der Waals surface area (Å²) in [5.74, 6) is 0.549. The number of benzene rings is 2. The largest absolute Gasteiger partial charge is 0.358 e. The van der Waals surface area contributed by atoms with E-state index in [2.05, 4.69) is 15.2 Å². The summed E-state index contributed by atoms with van der Waals surface area (Å²) in [6.07, 6.45) is 0. The minimum atomic E-state index is -0.444. The zero-order chi connectivity index (χ0) is 19.0. The molecule has 1 aliphatic heterocycles. The average molecular weight is 383 g/mol. The Bertz CT molecular complexity index is 1120. The van der Waals surface area contributed by atoms with Gasteiger partial charge in [0, 0.05) is 18.1 Å². The number of hydrogen-bond acceptors (Lipinski definition) is 4. The number of anilines is 1. The first-order chi connectivity index (χ1) is 13.0. The van der Waals surface area contributed by atoms with E-state index in [-0.39, 0.29) is 5.56 Å². The maximum Gasteiger partial charge on any atom is 0.334 e. The Morgan fingerprint density at radius 2 is 1.81 bits per heavy atom. The topological polar surface area (TPSA) is 70.1 Å². The molecular weight excluding hydrogens is 364 g/mol. The van der Waals surface area contributed by atoms with Crippen LogP contribution in [0.5, 0.6) is 0 Å². The molecule has 1 aliphatic rings. The van der Waals surface area contributed by atoms with Crippen molar-refractivity contribution in [1.29, 1.82) is 0 Å². The van der Waals surface area contributed by atoms with Crippen molar-refractivity contribution in [2.75, 3.05) is 12.0 Å². The number of fused-ring (bicyclic) bond motifs is 1. The minimum absolute atomic E-state index is 0.365. The van der Waals surface area contributed by atoms with Crippen molar-refractivity contribution in [1.82, 2.24) is 14.5 Å². The third-order valence-electron chi connectivity index (χ3n) is 4.77. The Hall–Kier alpha value is -2.83. The van der Waals surface area contributed by atoms with E-state index in [4.69, 9.17) is 11.6 Å². The van der Waals surface area contributed by atoms with Crippen molar-refractivity contribution in [3.05, 3.63) is 91.1 Å². The van der Waals surface area contributed by atoms with Gasteiger partial charge in [-0.2, -0.15) is 0 Å². The van der Waals surface area contributed by atoms with Crippen LogP contribution in [-0.2, 0) is 13.1 Å². The Morgan fingerprint density at radius 1 is 1.07 bits per heavy atom. The molecule has 2 aromatic carbocycles. The smallest absolute Gasteiger partial charge is 0.334 e. The van der Waals surface area contributed by atoms with Crippen LogP contribution in [0.4, 0.5) is 5.82 Å². The molecule has 138 valence electrons. The monoisotopic (exact) mass is 382 g/mol. The molecule has 0 radical (unpaired) electrons. The van der Waals surface area contributed by atoms with Crippen LogP contribution < -0.4 is 16.6 Å². The van der Waals surface area contributed by atoms with E-state index in [9.17, 15) is 9.59 Å². The van der Waals surface area contributed by atoms with Crippen LogP contribution >= 0.6 is 11.6 Å². The molecule has 0 amide bonds. The molecule has 0 saturated carbocycles. The van der Waals surface area contributed by atoms with Crippen LogP contribution in [0.25, 0.3) is 5.69 Å². The average Bonchev–Trinajstić information content (AvgIpc) is 2.65. The molecule has 6 nitrogen and oxygen atoms in total. The molecule has 0 atom stereocenters. The van der Waals surface area contributed by atoms with Gasteiger partial charge >= 0.3 is 5.69 Å². The van der Waals surface area contributed by atoms with Crippen molar-refractivity contribution in [3.63, 3.8) is 0 Å². The number of hydrogen-bond donors (Lipinski definition) is 2. The number of aromatic nitrogens is 2. The van der Waals surface area contributed by atoms with Crippen LogP contribution in [0.3, 0.4) is 0 Å². The third-order valence-corrected chi connectivity index (χ3v) is 5.14. The predicted octanol–water partition coefficient (Wildman–Crippen LogP) is 2.87. The molecule has 1 aromatic heterocycles. The number of aromatic amines is 1. The summed E-state index contributed by atoms with van der Waals surface area (Å²) in [6.45, 7) is 3.48. The van der Waals surface area contributed by atoms with Crippen LogP contribution in [0.15, 0.2) is 58.1 Å². The number of aryl methyl sites for hydroxylation is 1. The third kappa shape index (κ3) is 3.29. The van der Waals surface area contributed by atoms with Gasteiger partial charge in [0.2, 0.25) is 0 Å². The van der Waals surface area contributed by atoms with Gasteiger partial charge in [-0.05, 0) is 30.2 Å². The number of nitrogens with one attached hydrogen (secondary N) is 2. The van der Waals surface area contributed by atoms with Crippen molar-refractivity contribution in [3.8, 4) is 5.69 Å². The van der Waals surface area contributed by atoms with Crippen LogP contribution in [0.2, 0.25) is 5.02 Å². The summed E-state index contributed by atoms with van der Waals surface area (Å²) >= 11 is 6.26. The number of H-pyrrole nitrogens is 1. The second-order valence-corrected chi connectivity index (χ2v) is 7.03. The van der Waals surface area contributed by atoms with E-state index in [0.29, 0.717) is 36.2 Å². The number of halogens is 1. The molecule has 4 rings (SSSR count). The lowest BCUT2D eigenvalue weighted by atomic mass is 10.1. The van der Waals surface area contributed by atoms with E-state index in [0.717, 1.165) is 16.8 Å². The first kappa shape index (κ1) is 17.6. The lowest BCUT2D eigenvalue weighted by Crippen LogP contribution is -2.42. The number of rotatable bonds is 3. The van der Waals surface area contributed by atoms with Crippen molar-refractivity contribution < 1.29 is 0 Å². The maximum absolute atomic E-state index is 12.5. The van der Waals surface area contributed by atoms with Crippen LogP contribution in [0.1, 0.15) is 16.7 Å². The SMILES string of the molecule is Cc1ccccc1-n1c2c(c(=O)[nH]c1=O)CN(Cc1ccccc1Cl)CN2. The van der Waals surface area contributed by atoms with Crippen molar-refractivity contribution in [2.24, 2.45) is 0 Å². The number of para-hydroxylation sites is 1. The van der Waals surface area contributed by atoms with Crippen molar-refractivity contribution in [2.45, 2.75) is 20.0 Å². The van der Waals surface area contributed by atoms with E-state index in [1.807, 2.05) is 55.5 Å². The van der Waals surface area contributed by atoms with Gasteiger partial charge in [-0.25, -0.2) is 9.36 Å². The highest BCUT2D eigenvalue weighted by molar-refractivity contribution is 6.31. The first-order valence-electron chi connectivity index (χ1n) is 8.68. The quantitative estimate of drug-likeness (QED) is 0.730. The highest BCUT2D eigenvalue weighted by atomic mass is 35.5. The van der Waals surface area contributed by atoms with Crippen LogP contribution in [0, 0.1) is 6.92 Å². The summed E-state index contributed by atoms with van der Waals surface area (Å²) < 4.78 is 1.54. The molecule has 2 N–H and O–H groups in total. The summed E-state index contributed by atoms with van der Waals surface area (Å²) in [4.78, 5) is 29.5. The molecule has 0 saturated heterocycles. The van der Waals surface area contributed by atoms with Gasteiger partial charge in [0.05, 0.1) is 17.9 Å². The van der Waals surface area contributed by atoms with E-state index in [1.165, 1.54) is 0 Å².